The lowest BCUT2D eigenvalue weighted by Crippen LogP contribution is -2.39. The average molecular weight is 391 g/mol. The Morgan fingerprint density at radius 2 is 1.96 bits per heavy atom. The number of rotatable bonds is 5. The number of nitrogen functional groups attached to an aromatic ring is 1. The van der Waals surface area contributed by atoms with E-state index in [2.05, 4.69) is 10.3 Å². The number of anilines is 2. The van der Waals surface area contributed by atoms with Gasteiger partial charge in [-0.25, -0.2) is 9.97 Å². The monoisotopic (exact) mass is 390 g/mol. The molecule has 0 spiro atoms. The number of aromatic nitrogens is 2. The molecule has 8 heteroatoms. The molecule has 0 aliphatic carbocycles. The molecule has 0 radical (unpaired) electrons. The first-order valence-electron chi connectivity index (χ1n) is 8.29. The van der Waals surface area contributed by atoms with Crippen LogP contribution in [0.2, 0.25) is 5.02 Å². The third kappa shape index (κ3) is 3.48. The minimum absolute atomic E-state index is 0.338. The number of hydrogen-bond acceptors (Lipinski definition) is 7. The zero-order valence-electron chi connectivity index (χ0n) is 15.1. The SMILES string of the molecule is Cc1ccc(-c2nc(NC(C)(C)CN)nc3sc(CN)c(N)c23)cc1Cl. The van der Waals surface area contributed by atoms with Gasteiger partial charge in [0.2, 0.25) is 5.95 Å². The van der Waals surface area contributed by atoms with E-state index in [9.17, 15) is 0 Å². The Morgan fingerprint density at radius 1 is 1.23 bits per heavy atom. The smallest absolute Gasteiger partial charge is 0.225 e. The molecule has 0 amide bonds. The maximum absolute atomic E-state index is 6.34. The van der Waals surface area contributed by atoms with E-state index < -0.39 is 0 Å². The van der Waals surface area contributed by atoms with Crippen molar-refractivity contribution in [3.8, 4) is 11.3 Å². The third-order valence-corrected chi connectivity index (χ3v) is 5.79. The molecule has 2 heterocycles. The zero-order chi connectivity index (χ0) is 19.1. The third-order valence-electron chi connectivity index (χ3n) is 4.26. The Labute approximate surface area is 161 Å². The molecule has 7 N–H and O–H groups in total. The van der Waals surface area contributed by atoms with Crippen molar-refractivity contribution in [2.75, 3.05) is 17.6 Å². The second-order valence-electron chi connectivity index (χ2n) is 6.90. The number of hydrogen-bond donors (Lipinski definition) is 4. The van der Waals surface area contributed by atoms with Crippen molar-refractivity contribution in [2.45, 2.75) is 32.9 Å². The van der Waals surface area contributed by atoms with Gasteiger partial charge in [-0.3, -0.25) is 0 Å². The lowest BCUT2D eigenvalue weighted by molar-refractivity contribution is 0.574. The van der Waals surface area contributed by atoms with Crippen LogP contribution in [0, 0.1) is 6.92 Å². The second kappa shape index (κ2) is 7.00. The summed E-state index contributed by atoms with van der Waals surface area (Å²) in [5.74, 6) is 0.504. The highest BCUT2D eigenvalue weighted by Crippen LogP contribution is 2.39. The van der Waals surface area contributed by atoms with Gasteiger partial charge in [0.1, 0.15) is 4.83 Å². The first kappa shape index (κ1) is 18.8. The molecule has 26 heavy (non-hydrogen) atoms. The molecule has 0 unspecified atom stereocenters. The largest absolute Gasteiger partial charge is 0.397 e. The summed E-state index contributed by atoms with van der Waals surface area (Å²) in [4.78, 5) is 11.1. The molecule has 2 aromatic heterocycles. The number of fused-ring (bicyclic) bond motifs is 1. The van der Waals surface area contributed by atoms with Crippen molar-refractivity contribution in [1.82, 2.24) is 9.97 Å². The van der Waals surface area contributed by atoms with Gasteiger partial charge in [0.15, 0.2) is 0 Å². The van der Waals surface area contributed by atoms with Crippen molar-refractivity contribution in [2.24, 2.45) is 11.5 Å². The molecule has 0 fully saturated rings. The molecule has 3 rings (SSSR count). The standard InChI is InChI=1S/C18H23ClN6S/c1-9-4-5-10(6-11(9)19)15-13-14(22)12(7-20)26-16(13)24-17(23-15)25-18(2,3)8-21/h4-6H,7-8,20-22H2,1-3H3,(H,23,24,25). The maximum atomic E-state index is 6.34. The van der Waals surface area contributed by atoms with Crippen LogP contribution in [0.15, 0.2) is 18.2 Å². The van der Waals surface area contributed by atoms with Crippen LogP contribution in [-0.2, 0) is 6.54 Å². The Hall–Kier alpha value is -1.93. The number of thiophene rings is 1. The highest BCUT2D eigenvalue weighted by Gasteiger charge is 2.21. The van der Waals surface area contributed by atoms with Crippen LogP contribution in [0.1, 0.15) is 24.3 Å². The predicted octanol–water partition coefficient (Wildman–Crippen LogP) is 3.51. The quantitative estimate of drug-likeness (QED) is 0.529. The van der Waals surface area contributed by atoms with E-state index >= 15 is 0 Å². The van der Waals surface area contributed by atoms with E-state index in [-0.39, 0.29) is 5.54 Å². The molecule has 0 bridgehead atoms. The topological polar surface area (TPSA) is 116 Å². The molecule has 0 saturated carbocycles. The first-order valence-corrected chi connectivity index (χ1v) is 9.49. The number of benzene rings is 1. The van der Waals surface area contributed by atoms with Crippen LogP contribution >= 0.6 is 22.9 Å². The Bertz CT molecular complexity index is 966. The Kier molecular flexibility index (Phi) is 5.07. The average Bonchev–Trinajstić information content (AvgIpc) is 2.92. The molecular formula is C18H23ClN6S. The number of halogens is 1. The molecule has 0 aliphatic heterocycles. The fourth-order valence-corrected chi connectivity index (χ4v) is 3.73. The van der Waals surface area contributed by atoms with Crippen LogP contribution in [0.5, 0.6) is 0 Å². The van der Waals surface area contributed by atoms with E-state index in [1.807, 2.05) is 39.0 Å². The highest BCUT2D eigenvalue weighted by atomic mass is 35.5. The van der Waals surface area contributed by atoms with Gasteiger partial charge in [-0.15, -0.1) is 11.3 Å². The summed E-state index contributed by atoms with van der Waals surface area (Å²) in [6, 6.07) is 5.85. The summed E-state index contributed by atoms with van der Waals surface area (Å²) in [5, 5.41) is 4.79. The van der Waals surface area contributed by atoms with Gasteiger partial charge >= 0.3 is 0 Å². The van der Waals surface area contributed by atoms with E-state index in [0.29, 0.717) is 29.7 Å². The van der Waals surface area contributed by atoms with Crippen molar-refractivity contribution in [3.63, 3.8) is 0 Å². The van der Waals surface area contributed by atoms with Crippen LogP contribution in [0.3, 0.4) is 0 Å². The minimum Gasteiger partial charge on any atom is -0.397 e. The summed E-state index contributed by atoms with van der Waals surface area (Å²) in [7, 11) is 0. The van der Waals surface area contributed by atoms with Gasteiger partial charge in [-0.2, -0.15) is 0 Å². The zero-order valence-corrected chi connectivity index (χ0v) is 16.6. The number of nitrogens with one attached hydrogen (secondary N) is 1. The van der Waals surface area contributed by atoms with Gasteiger partial charge in [-0.05, 0) is 32.4 Å². The Morgan fingerprint density at radius 3 is 2.58 bits per heavy atom. The van der Waals surface area contributed by atoms with Gasteiger partial charge < -0.3 is 22.5 Å². The lowest BCUT2D eigenvalue weighted by Gasteiger charge is -2.24. The van der Waals surface area contributed by atoms with Gasteiger partial charge in [0, 0.05) is 34.1 Å². The number of aryl methyl sites for hydroxylation is 1. The van der Waals surface area contributed by atoms with Gasteiger partial charge in [0.25, 0.3) is 0 Å². The molecular weight excluding hydrogens is 368 g/mol. The lowest BCUT2D eigenvalue weighted by atomic mass is 10.1. The summed E-state index contributed by atoms with van der Waals surface area (Å²) >= 11 is 7.81. The van der Waals surface area contributed by atoms with Crippen molar-refractivity contribution in [1.29, 1.82) is 0 Å². The van der Waals surface area contributed by atoms with E-state index in [4.69, 9.17) is 33.8 Å². The normalized spacial score (nSPS) is 11.9. The molecule has 0 atom stereocenters. The fourth-order valence-electron chi connectivity index (χ4n) is 2.58. The van der Waals surface area contributed by atoms with Crippen molar-refractivity contribution < 1.29 is 0 Å². The summed E-state index contributed by atoms with van der Waals surface area (Å²) in [6.07, 6.45) is 0. The summed E-state index contributed by atoms with van der Waals surface area (Å²) in [5.41, 5.74) is 20.9. The molecule has 3 aromatic rings. The second-order valence-corrected chi connectivity index (χ2v) is 8.39. The molecule has 0 saturated heterocycles. The molecule has 0 aliphatic rings. The van der Waals surface area contributed by atoms with Gasteiger partial charge in [-0.1, -0.05) is 23.7 Å². The van der Waals surface area contributed by atoms with E-state index in [1.165, 1.54) is 11.3 Å². The minimum atomic E-state index is -0.338. The van der Waals surface area contributed by atoms with Crippen LogP contribution < -0.4 is 22.5 Å². The highest BCUT2D eigenvalue weighted by molar-refractivity contribution is 7.19. The first-order chi connectivity index (χ1) is 12.3. The van der Waals surface area contributed by atoms with Crippen molar-refractivity contribution in [3.05, 3.63) is 33.7 Å². The van der Waals surface area contributed by atoms with Crippen LogP contribution in [0.4, 0.5) is 11.6 Å². The van der Waals surface area contributed by atoms with Crippen LogP contribution in [-0.4, -0.2) is 22.1 Å². The molecule has 6 nitrogen and oxygen atoms in total. The van der Waals surface area contributed by atoms with E-state index in [1.54, 1.807) is 0 Å². The predicted molar refractivity (Wildman–Crippen MR) is 112 cm³/mol. The van der Waals surface area contributed by atoms with E-state index in [0.717, 1.165) is 31.9 Å². The van der Waals surface area contributed by atoms with Crippen molar-refractivity contribution >= 4 is 44.8 Å². The molecule has 138 valence electrons. The van der Waals surface area contributed by atoms with Crippen LogP contribution in [0.25, 0.3) is 21.5 Å². The summed E-state index contributed by atoms with van der Waals surface area (Å²) < 4.78 is 0. The summed E-state index contributed by atoms with van der Waals surface area (Å²) in [6.45, 7) is 6.76. The maximum Gasteiger partial charge on any atom is 0.225 e. The number of nitrogens with two attached hydrogens (primary N) is 3. The Balaban J connectivity index is 2.26. The molecule has 1 aromatic carbocycles. The fraction of sp³-hybridized carbons (Fsp3) is 0.333. The van der Waals surface area contributed by atoms with Gasteiger partial charge in [0.05, 0.1) is 16.8 Å². The number of nitrogens with zero attached hydrogens (tertiary/aromatic N) is 2.